The van der Waals surface area contributed by atoms with Gasteiger partial charge in [0.25, 0.3) is 0 Å². The van der Waals surface area contributed by atoms with Crippen molar-refractivity contribution in [1.82, 2.24) is 25.3 Å². The van der Waals surface area contributed by atoms with Crippen molar-refractivity contribution in [3.05, 3.63) is 23.9 Å². The van der Waals surface area contributed by atoms with E-state index < -0.39 is 0 Å². The molecular formula is C25H36N6O2. The highest BCUT2D eigenvalue weighted by molar-refractivity contribution is 6.03. The molecule has 3 aliphatic rings. The Balaban J connectivity index is 1.32. The molecule has 4 heterocycles. The lowest BCUT2D eigenvalue weighted by Crippen LogP contribution is -2.52. The number of carbonyl (C=O) groups is 2. The minimum absolute atomic E-state index is 0.192. The SMILES string of the molecule is Cn1nc(C2CCC(=O)NC2=O)c2cccc(N3CCN(C[C@H]4CCNCC4(C)C)CC3)c21. The predicted octanol–water partition coefficient (Wildman–Crippen LogP) is 1.85. The molecule has 5 rings (SSSR count). The van der Waals surface area contributed by atoms with Crippen LogP contribution in [-0.4, -0.2) is 72.3 Å². The molecule has 8 nitrogen and oxygen atoms in total. The van der Waals surface area contributed by atoms with Gasteiger partial charge in [-0.25, -0.2) is 0 Å². The second-order valence-electron chi connectivity index (χ2n) is 10.6. The number of benzene rings is 1. The number of imide groups is 1. The number of piperidine rings is 2. The molecule has 1 aromatic heterocycles. The zero-order valence-electron chi connectivity index (χ0n) is 20.1. The Hall–Kier alpha value is -2.45. The maximum atomic E-state index is 12.5. The Bertz CT molecular complexity index is 1050. The number of rotatable bonds is 4. The second kappa shape index (κ2) is 8.72. The van der Waals surface area contributed by atoms with Gasteiger partial charge < -0.3 is 10.2 Å². The lowest BCUT2D eigenvalue weighted by Gasteiger charge is -2.44. The molecule has 2 atom stereocenters. The van der Waals surface area contributed by atoms with E-state index in [0.717, 1.165) is 61.8 Å². The molecule has 3 fully saturated rings. The lowest BCUT2D eigenvalue weighted by molar-refractivity contribution is -0.134. The highest BCUT2D eigenvalue weighted by Gasteiger charge is 2.35. The highest BCUT2D eigenvalue weighted by atomic mass is 16.2. The van der Waals surface area contributed by atoms with Gasteiger partial charge in [-0.3, -0.25) is 24.5 Å². The van der Waals surface area contributed by atoms with Gasteiger partial charge in [0.2, 0.25) is 11.8 Å². The molecule has 1 unspecified atom stereocenters. The zero-order valence-corrected chi connectivity index (χ0v) is 20.1. The summed E-state index contributed by atoms with van der Waals surface area (Å²) in [6.45, 7) is 12.3. The second-order valence-corrected chi connectivity index (χ2v) is 10.6. The Labute approximate surface area is 195 Å². The average molecular weight is 453 g/mol. The fourth-order valence-corrected chi connectivity index (χ4v) is 5.85. The van der Waals surface area contributed by atoms with Crippen LogP contribution in [0.25, 0.3) is 10.9 Å². The number of hydrogen-bond donors (Lipinski definition) is 2. The van der Waals surface area contributed by atoms with E-state index in [9.17, 15) is 9.59 Å². The van der Waals surface area contributed by atoms with E-state index in [1.807, 2.05) is 11.7 Å². The first-order valence-electron chi connectivity index (χ1n) is 12.3. The van der Waals surface area contributed by atoms with Gasteiger partial charge >= 0.3 is 0 Å². The van der Waals surface area contributed by atoms with Gasteiger partial charge in [-0.15, -0.1) is 0 Å². The summed E-state index contributed by atoms with van der Waals surface area (Å²) in [5.41, 5.74) is 3.39. The van der Waals surface area contributed by atoms with Gasteiger partial charge in [0.1, 0.15) is 0 Å². The molecular weight excluding hydrogens is 416 g/mol. The van der Waals surface area contributed by atoms with Crippen LogP contribution in [0.15, 0.2) is 18.2 Å². The van der Waals surface area contributed by atoms with Crippen LogP contribution < -0.4 is 15.5 Å². The van der Waals surface area contributed by atoms with E-state index in [4.69, 9.17) is 5.10 Å². The zero-order chi connectivity index (χ0) is 23.2. The number of hydrogen-bond acceptors (Lipinski definition) is 6. The summed E-state index contributed by atoms with van der Waals surface area (Å²) in [6, 6.07) is 6.29. The number of para-hydroxylation sites is 1. The number of aromatic nitrogens is 2. The number of carbonyl (C=O) groups excluding carboxylic acids is 2. The average Bonchev–Trinajstić information content (AvgIpc) is 3.12. The van der Waals surface area contributed by atoms with Crippen LogP contribution in [0, 0.1) is 11.3 Å². The molecule has 0 aliphatic carbocycles. The Morgan fingerprint density at radius 1 is 1.12 bits per heavy atom. The van der Waals surface area contributed by atoms with Gasteiger partial charge in [0.05, 0.1) is 22.8 Å². The third-order valence-corrected chi connectivity index (χ3v) is 7.99. The van der Waals surface area contributed by atoms with Crippen LogP contribution in [0.4, 0.5) is 5.69 Å². The van der Waals surface area contributed by atoms with E-state index in [2.05, 4.69) is 52.5 Å². The molecule has 2 aromatic rings. The summed E-state index contributed by atoms with van der Waals surface area (Å²) in [5.74, 6) is -0.0530. The first-order chi connectivity index (χ1) is 15.8. The summed E-state index contributed by atoms with van der Waals surface area (Å²) < 4.78 is 1.91. The third-order valence-electron chi connectivity index (χ3n) is 7.99. The Kier molecular flexibility index (Phi) is 5.91. The molecule has 0 radical (unpaired) electrons. The number of amides is 2. The fourth-order valence-electron chi connectivity index (χ4n) is 5.85. The first kappa shape index (κ1) is 22.3. The van der Waals surface area contributed by atoms with Crippen molar-refractivity contribution in [2.45, 2.75) is 39.0 Å². The van der Waals surface area contributed by atoms with E-state index in [1.165, 1.54) is 18.7 Å². The monoisotopic (exact) mass is 452 g/mol. The molecule has 0 spiro atoms. The van der Waals surface area contributed by atoms with Crippen LogP contribution in [0.1, 0.15) is 44.7 Å². The molecule has 3 saturated heterocycles. The van der Waals surface area contributed by atoms with E-state index >= 15 is 0 Å². The van der Waals surface area contributed by atoms with E-state index in [-0.39, 0.29) is 17.7 Å². The van der Waals surface area contributed by atoms with Gasteiger partial charge in [-0.1, -0.05) is 26.0 Å². The van der Waals surface area contributed by atoms with E-state index in [0.29, 0.717) is 18.3 Å². The molecule has 1 aromatic carbocycles. The molecule has 8 heteroatoms. The summed E-state index contributed by atoms with van der Waals surface area (Å²) in [4.78, 5) is 29.2. The lowest BCUT2D eigenvalue weighted by atomic mass is 9.74. The van der Waals surface area contributed by atoms with Gasteiger partial charge in [-0.2, -0.15) is 5.10 Å². The largest absolute Gasteiger partial charge is 0.367 e. The number of nitrogens with zero attached hydrogens (tertiary/aromatic N) is 4. The Morgan fingerprint density at radius 2 is 1.91 bits per heavy atom. The van der Waals surface area contributed by atoms with E-state index in [1.54, 1.807) is 0 Å². The maximum Gasteiger partial charge on any atom is 0.235 e. The standard InChI is InChI=1S/C25H36N6O2/c1-25(2)16-26-10-9-17(25)15-30-11-13-31(14-12-30)20-6-4-5-18-22(28-29(3)23(18)20)19-7-8-21(32)27-24(19)33/h4-6,17,19,26H,7-16H2,1-3H3,(H,27,32,33)/t17-,19?/m1/s1. The molecule has 33 heavy (non-hydrogen) atoms. The molecule has 2 N–H and O–H groups in total. The van der Waals surface area contributed by atoms with Crippen LogP contribution in [0.2, 0.25) is 0 Å². The molecule has 0 saturated carbocycles. The molecule has 0 bridgehead atoms. The number of nitrogens with one attached hydrogen (secondary N) is 2. The molecule has 178 valence electrons. The Morgan fingerprint density at radius 3 is 2.64 bits per heavy atom. The first-order valence-corrected chi connectivity index (χ1v) is 12.3. The number of anilines is 1. The molecule has 3 aliphatic heterocycles. The van der Waals surface area contributed by atoms with Crippen molar-refractivity contribution >= 4 is 28.4 Å². The van der Waals surface area contributed by atoms with Crippen molar-refractivity contribution < 1.29 is 9.59 Å². The number of aryl methyl sites for hydroxylation is 1. The topological polar surface area (TPSA) is 82.5 Å². The number of fused-ring (bicyclic) bond motifs is 1. The fraction of sp³-hybridized carbons (Fsp3) is 0.640. The van der Waals surface area contributed by atoms with Crippen molar-refractivity contribution in [1.29, 1.82) is 0 Å². The van der Waals surface area contributed by atoms with Gasteiger partial charge in [-0.05, 0) is 36.8 Å². The number of piperazine rings is 1. The normalized spacial score (nSPS) is 26.6. The van der Waals surface area contributed by atoms with Crippen LogP contribution >= 0.6 is 0 Å². The van der Waals surface area contributed by atoms with Crippen molar-refractivity contribution in [3.8, 4) is 0 Å². The third kappa shape index (κ3) is 4.26. The van der Waals surface area contributed by atoms with Gasteiger partial charge in [0.15, 0.2) is 0 Å². The summed E-state index contributed by atoms with van der Waals surface area (Å²) in [5, 5.41) is 11.8. The predicted molar refractivity (Wildman–Crippen MR) is 129 cm³/mol. The highest BCUT2D eigenvalue weighted by Crippen LogP contribution is 2.36. The van der Waals surface area contributed by atoms with Crippen LogP contribution in [-0.2, 0) is 16.6 Å². The minimum Gasteiger partial charge on any atom is -0.367 e. The smallest absolute Gasteiger partial charge is 0.235 e. The summed E-state index contributed by atoms with van der Waals surface area (Å²) in [7, 11) is 1.96. The van der Waals surface area contributed by atoms with Crippen molar-refractivity contribution in [2.75, 3.05) is 50.7 Å². The molecule has 2 amide bonds. The minimum atomic E-state index is -0.369. The maximum absolute atomic E-state index is 12.5. The quantitative estimate of drug-likeness (QED) is 0.689. The van der Waals surface area contributed by atoms with Crippen LogP contribution in [0.3, 0.4) is 0 Å². The van der Waals surface area contributed by atoms with Crippen molar-refractivity contribution in [2.24, 2.45) is 18.4 Å². The summed E-state index contributed by atoms with van der Waals surface area (Å²) >= 11 is 0. The van der Waals surface area contributed by atoms with Crippen molar-refractivity contribution in [3.63, 3.8) is 0 Å². The van der Waals surface area contributed by atoms with Gasteiger partial charge in [0, 0.05) is 58.1 Å². The van der Waals surface area contributed by atoms with Crippen LogP contribution in [0.5, 0.6) is 0 Å². The summed E-state index contributed by atoms with van der Waals surface area (Å²) in [6.07, 6.45) is 2.14.